The number of hydrogen-bond acceptors (Lipinski definition) is 5. The van der Waals surface area contributed by atoms with Gasteiger partial charge in [-0.3, -0.25) is 9.59 Å². The summed E-state index contributed by atoms with van der Waals surface area (Å²) in [6.45, 7) is 2.16. The molecule has 0 spiro atoms. The fourth-order valence-corrected chi connectivity index (χ4v) is 4.18. The first-order valence-electron chi connectivity index (χ1n) is 8.71. The number of ether oxygens (including phenoxy) is 2. The van der Waals surface area contributed by atoms with Crippen molar-refractivity contribution in [2.24, 2.45) is 5.92 Å². The summed E-state index contributed by atoms with van der Waals surface area (Å²) < 4.78 is 10.7. The van der Waals surface area contributed by atoms with Crippen molar-refractivity contribution < 1.29 is 19.1 Å². The minimum absolute atomic E-state index is 0.00413. The first-order chi connectivity index (χ1) is 12.2. The molecule has 6 nitrogen and oxygen atoms in total. The molecule has 2 heterocycles. The highest BCUT2D eigenvalue weighted by atomic mass is 32.2. The van der Waals surface area contributed by atoms with Crippen molar-refractivity contribution in [2.75, 3.05) is 37.9 Å². The van der Waals surface area contributed by atoms with E-state index in [1.807, 2.05) is 18.2 Å². The van der Waals surface area contributed by atoms with Crippen LogP contribution in [-0.2, 0) is 16.1 Å². The van der Waals surface area contributed by atoms with Gasteiger partial charge < -0.3 is 19.3 Å². The van der Waals surface area contributed by atoms with Gasteiger partial charge in [0, 0.05) is 19.6 Å². The number of carbonyl (C=O) groups excluding carboxylic acids is 2. The van der Waals surface area contributed by atoms with Crippen LogP contribution in [0.2, 0.25) is 0 Å². The van der Waals surface area contributed by atoms with Crippen LogP contribution in [0, 0.1) is 5.92 Å². The smallest absolute Gasteiger partial charge is 0.242 e. The number of amides is 2. The normalized spacial score (nSPS) is 19.4. The lowest BCUT2D eigenvalue weighted by atomic mass is 10.1. The largest absolute Gasteiger partial charge is 0.454 e. The minimum Gasteiger partial charge on any atom is -0.454 e. The zero-order valence-corrected chi connectivity index (χ0v) is 14.9. The molecule has 0 radical (unpaired) electrons. The van der Waals surface area contributed by atoms with E-state index in [1.165, 1.54) is 12.8 Å². The summed E-state index contributed by atoms with van der Waals surface area (Å²) in [5, 5.41) is 0. The van der Waals surface area contributed by atoms with Crippen LogP contribution in [0.4, 0.5) is 0 Å². The van der Waals surface area contributed by atoms with Gasteiger partial charge in [0.2, 0.25) is 18.6 Å². The Bertz CT molecular complexity index is 677. The Morgan fingerprint density at radius 1 is 1.20 bits per heavy atom. The number of hydrogen-bond donors (Lipinski definition) is 0. The van der Waals surface area contributed by atoms with Gasteiger partial charge in [0.15, 0.2) is 11.5 Å². The number of rotatable bonds is 6. The molecule has 2 fully saturated rings. The summed E-state index contributed by atoms with van der Waals surface area (Å²) in [5.41, 5.74) is 1.01. The van der Waals surface area contributed by atoms with Crippen molar-refractivity contribution in [3.8, 4) is 11.5 Å². The number of benzene rings is 1. The van der Waals surface area contributed by atoms with Crippen LogP contribution in [0.3, 0.4) is 0 Å². The highest BCUT2D eigenvalue weighted by molar-refractivity contribution is 7.99. The lowest BCUT2D eigenvalue weighted by Gasteiger charge is -2.34. The molecule has 1 aromatic rings. The second-order valence-electron chi connectivity index (χ2n) is 6.78. The topological polar surface area (TPSA) is 59.1 Å². The summed E-state index contributed by atoms with van der Waals surface area (Å²) >= 11 is 1.70. The molecule has 0 aromatic heterocycles. The van der Waals surface area contributed by atoms with Gasteiger partial charge in [-0.25, -0.2) is 0 Å². The SMILES string of the molecule is O=C(CSCC1CC1)N1CCN(Cc2ccc3c(c2)OCO3)C(=O)C1. The summed E-state index contributed by atoms with van der Waals surface area (Å²) in [7, 11) is 0. The number of fused-ring (bicyclic) bond motifs is 1. The lowest BCUT2D eigenvalue weighted by molar-refractivity contribution is -0.144. The van der Waals surface area contributed by atoms with E-state index >= 15 is 0 Å². The van der Waals surface area contributed by atoms with Crippen molar-refractivity contribution in [3.05, 3.63) is 23.8 Å². The van der Waals surface area contributed by atoms with E-state index in [9.17, 15) is 9.59 Å². The van der Waals surface area contributed by atoms with Gasteiger partial charge >= 0.3 is 0 Å². The number of carbonyl (C=O) groups is 2. The van der Waals surface area contributed by atoms with E-state index in [2.05, 4.69) is 0 Å². The zero-order chi connectivity index (χ0) is 17.2. The second kappa shape index (κ2) is 7.15. The average Bonchev–Trinajstić information content (AvgIpc) is 3.31. The Morgan fingerprint density at radius 3 is 2.84 bits per heavy atom. The maximum absolute atomic E-state index is 12.4. The quantitative estimate of drug-likeness (QED) is 0.771. The maximum Gasteiger partial charge on any atom is 0.242 e. The van der Waals surface area contributed by atoms with E-state index in [0.717, 1.165) is 28.7 Å². The molecule has 1 aliphatic carbocycles. The Kier molecular flexibility index (Phi) is 4.74. The molecule has 4 rings (SSSR count). The predicted molar refractivity (Wildman–Crippen MR) is 94.6 cm³/mol. The highest BCUT2D eigenvalue weighted by Gasteiger charge is 2.28. The monoisotopic (exact) mass is 362 g/mol. The van der Waals surface area contributed by atoms with Gasteiger partial charge in [-0.2, -0.15) is 11.8 Å². The third-order valence-electron chi connectivity index (χ3n) is 4.76. The Labute approximate surface area is 151 Å². The van der Waals surface area contributed by atoms with Crippen LogP contribution in [-0.4, -0.2) is 59.5 Å². The van der Waals surface area contributed by atoms with Crippen LogP contribution < -0.4 is 9.47 Å². The molecule has 2 aliphatic heterocycles. The molecule has 7 heteroatoms. The van der Waals surface area contributed by atoms with Gasteiger partial charge in [-0.15, -0.1) is 0 Å². The molecule has 1 saturated heterocycles. The molecule has 0 atom stereocenters. The van der Waals surface area contributed by atoms with Crippen LogP contribution in [0.15, 0.2) is 18.2 Å². The van der Waals surface area contributed by atoms with Crippen molar-refractivity contribution >= 4 is 23.6 Å². The Balaban J connectivity index is 1.27. The average molecular weight is 362 g/mol. The Morgan fingerprint density at radius 2 is 2.04 bits per heavy atom. The molecule has 3 aliphatic rings. The molecule has 25 heavy (non-hydrogen) atoms. The first-order valence-corrected chi connectivity index (χ1v) is 9.86. The molecule has 0 unspecified atom stereocenters. The lowest BCUT2D eigenvalue weighted by Crippen LogP contribution is -2.52. The van der Waals surface area contributed by atoms with Gasteiger partial charge in [0.05, 0.1) is 12.3 Å². The van der Waals surface area contributed by atoms with Crippen LogP contribution in [0.5, 0.6) is 11.5 Å². The van der Waals surface area contributed by atoms with Crippen LogP contribution >= 0.6 is 11.8 Å². The summed E-state index contributed by atoms with van der Waals surface area (Å²) in [5.74, 6) is 3.94. The van der Waals surface area contributed by atoms with E-state index in [-0.39, 0.29) is 25.2 Å². The molecule has 0 bridgehead atoms. The van der Waals surface area contributed by atoms with Gasteiger partial charge in [0.1, 0.15) is 0 Å². The Hall–Kier alpha value is -1.89. The number of piperazine rings is 1. The van der Waals surface area contributed by atoms with Gasteiger partial charge in [-0.1, -0.05) is 6.07 Å². The van der Waals surface area contributed by atoms with E-state index in [1.54, 1.807) is 21.6 Å². The highest BCUT2D eigenvalue weighted by Crippen LogP contribution is 2.33. The number of nitrogens with zero attached hydrogens (tertiary/aromatic N) is 2. The zero-order valence-electron chi connectivity index (χ0n) is 14.1. The van der Waals surface area contributed by atoms with E-state index in [0.29, 0.717) is 25.4 Å². The molecule has 134 valence electrons. The van der Waals surface area contributed by atoms with Crippen molar-refractivity contribution in [1.82, 2.24) is 9.80 Å². The third kappa shape index (κ3) is 4.03. The maximum atomic E-state index is 12.4. The predicted octanol–water partition coefficient (Wildman–Crippen LogP) is 1.73. The fourth-order valence-electron chi connectivity index (χ4n) is 3.04. The van der Waals surface area contributed by atoms with Crippen LogP contribution in [0.25, 0.3) is 0 Å². The van der Waals surface area contributed by atoms with Crippen molar-refractivity contribution in [2.45, 2.75) is 19.4 Å². The van der Waals surface area contributed by atoms with Crippen molar-refractivity contribution in [3.63, 3.8) is 0 Å². The second-order valence-corrected chi connectivity index (χ2v) is 7.81. The molecule has 2 amide bonds. The standard InChI is InChI=1S/C18H22N2O4S/c21-17-9-20(18(22)11-25-10-13-1-2-13)6-5-19(17)8-14-3-4-15-16(7-14)24-12-23-15/h3-4,7,13H,1-2,5-6,8-12H2. The summed E-state index contributed by atoms with van der Waals surface area (Å²) in [6.07, 6.45) is 2.61. The van der Waals surface area contributed by atoms with E-state index in [4.69, 9.17) is 9.47 Å². The fraction of sp³-hybridized carbons (Fsp3) is 0.556. The van der Waals surface area contributed by atoms with Crippen LogP contribution in [0.1, 0.15) is 18.4 Å². The van der Waals surface area contributed by atoms with Crippen molar-refractivity contribution in [1.29, 1.82) is 0 Å². The molecular weight excluding hydrogens is 340 g/mol. The molecule has 0 N–H and O–H groups in total. The number of thioether (sulfide) groups is 1. The molecule has 1 aromatic carbocycles. The van der Waals surface area contributed by atoms with E-state index < -0.39 is 0 Å². The minimum atomic E-state index is 0.00413. The van der Waals surface area contributed by atoms with Gasteiger partial charge in [-0.05, 0) is 42.2 Å². The summed E-state index contributed by atoms with van der Waals surface area (Å²) in [6, 6.07) is 5.74. The van der Waals surface area contributed by atoms with Gasteiger partial charge in [0.25, 0.3) is 0 Å². The third-order valence-corrected chi connectivity index (χ3v) is 5.92. The summed E-state index contributed by atoms with van der Waals surface area (Å²) in [4.78, 5) is 28.1. The first kappa shape index (κ1) is 16.6. The molecule has 1 saturated carbocycles. The molecular formula is C18H22N2O4S.